The molecule has 0 fully saturated rings. The standard InChI is InChI=1S/C19H23FN2O3/c1-24-17-8-7-16(13-18(17)25-2)22-19(23)10-12-21-11-9-14-3-5-15(20)6-4-14/h3-8,13,21H,9-12H2,1-2H3,(H,22,23). The maximum absolute atomic E-state index is 12.8. The minimum atomic E-state index is -0.233. The third-order valence-corrected chi connectivity index (χ3v) is 3.70. The van der Waals surface area contributed by atoms with Gasteiger partial charge in [0.1, 0.15) is 5.82 Å². The zero-order valence-electron chi connectivity index (χ0n) is 14.5. The fourth-order valence-electron chi connectivity index (χ4n) is 2.35. The van der Waals surface area contributed by atoms with E-state index >= 15 is 0 Å². The molecule has 6 heteroatoms. The highest BCUT2D eigenvalue weighted by Gasteiger charge is 2.07. The summed E-state index contributed by atoms with van der Waals surface area (Å²) in [5, 5.41) is 6.03. The number of rotatable bonds is 9. The van der Waals surface area contributed by atoms with Crippen molar-refractivity contribution in [3.63, 3.8) is 0 Å². The maximum atomic E-state index is 12.8. The number of carbonyl (C=O) groups is 1. The smallest absolute Gasteiger partial charge is 0.225 e. The molecule has 0 unspecified atom stereocenters. The third kappa shape index (κ3) is 6.08. The first-order valence-corrected chi connectivity index (χ1v) is 8.09. The van der Waals surface area contributed by atoms with E-state index in [0.29, 0.717) is 30.2 Å². The van der Waals surface area contributed by atoms with Crippen molar-refractivity contribution in [1.82, 2.24) is 5.32 Å². The Hall–Kier alpha value is -2.60. The summed E-state index contributed by atoms with van der Waals surface area (Å²) in [5.41, 5.74) is 1.72. The molecule has 0 heterocycles. The lowest BCUT2D eigenvalue weighted by molar-refractivity contribution is -0.116. The number of benzene rings is 2. The van der Waals surface area contributed by atoms with Crippen LogP contribution in [0.25, 0.3) is 0 Å². The highest BCUT2D eigenvalue weighted by atomic mass is 19.1. The molecule has 2 aromatic carbocycles. The van der Waals surface area contributed by atoms with E-state index in [1.165, 1.54) is 12.1 Å². The Morgan fingerprint density at radius 1 is 1.00 bits per heavy atom. The largest absolute Gasteiger partial charge is 0.493 e. The zero-order valence-corrected chi connectivity index (χ0v) is 14.5. The lowest BCUT2D eigenvalue weighted by Crippen LogP contribution is -2.23. The molecule has 25 heavy (non-hydrogen) atoms. The maximum Gasteiger partial charge on any atom is 0.225 e. The van der Waals surface area contributed by atoms with E-state index in [4.69, 9.17) is 9.47 Å². The molecule has 5 nitrogen and oxygen atoms in total. The Kier molecular flexibility index (Phi) is 7.22. The summed E-state index contributed by atoms with van der Waals surface area (Å²) in [6.45, 7) is 1.30. The zero-order chi connectivity index (χ0) is 18.1. The molecule has 134 valence electrons. The van der Waals surface area contributed by atoms with Gasteiger partial charge < -0.3 is 20.1 Å². The second-order valence-electron chi connectivity index (χ2n) is 5.49. The molecule has 2 aromatic rings. The molecule has 2 rings (SSSR count). The molecule has 0 aliphatic rings. The Labute approximate surface area is 147 Å². The Morgan fingerprint density at radius 3 is 2.40 bits per heavy atom. The minimum Gasteiger partial charge on any atom is -0.493 e. The highest BCUT2D eigenvalue weighted by molar-refractivity contribution is 5.91. The number of halogens is 1. The first-order valence-electron chi connectivity index (χ1n) is 8.09. The van der Waals surface area contributed by atoms with Crippen molar-refractivity contribution in [2.24, 2.45) is 0 Å². The normalized spacial score (nSPS) is 10.4. The van der Waals surface area contributed by atoms with Crippen LogP contribution in [0.4, 0.5) is 10.1 Å². The summed E-state index contributed by atoms with van der Waals surface area (Å²) in [6, 6.07) is 11.7. The van der Waals surface area contributed by atoms with Gasteiger partial charge in [0.05, 0.1) is 14.2 Å². The minimum absolute atomic E-state index is 0.0819. The molecular weight excluding hydrogens is 323 g/mol. The van der Waals surface area contributed by atoms with Crippen molar-refractivity contribution in [3.8, 4) is 11.5 Å². The van der Waals surface area contributed by atoms with Crippen LogP contribution in [-0.4, -0.2) is 33.2 Å². The van der Waals surface area contributed by atoms with Crippen molar-refractivity contribution >= 4 is 11.6 Å². The summed E-state index contributed by atoms with van der Waals surface area (Å²) < 4.78 is 23.2. The second kappa shape index (κ2) is 9.64. The molecule has 2 N–H and O–H groups in total. The van der Waals surface area contributed by atoms with Crippen molar-refractivity contribution in [3.05, 3.63) is 53.8 Å². The van der Waals surface area contributed by atoms with Crippen molar-refractivity contribution in [1.29, 1.82) is 0 Å². The SMILES string of the molecule is COc1ccc(NC(=O)CCNCCc2ccc(F)cc2)cc1OC. The first-order chi connectivity index (χ1) is 12.1. The predicted molar refractivity (Wildman–Crippen MR) is 95.8 cm³/mol. The van der Waals surface area contributed by atoms with Crippen LogP contribution in [0.2, 0.25) is 0 Å². The lowest BCUT2D eigenvalue weighted by atomic mass is 10.1. The number of hydrogen-bond donors (Lipinski definition) is 2. The van der Waals surface area contributed by atoms with E-state index < -0.39 is 0 Å². The monoisotopic (exact) mass is 346 g/mol. The third-order valence-electron chi connectivity index (χ3n) is 3.70. The highest BCUT2D eigenvalue weighted by Crippen LogP contribution is 2.29. The van der Waals surface area contributed by atoms with Gasteiger partial charge in [-0.3, -0.25) is 4.79 Å². The van der Waals surface area contributed by atoms with E-state index in [-0.39, 0.29) is 11.7 Å². The molecule has 0 aliphatic carbocycles. The van der Waals surface area contributed by atoms with Gasteiger partial charge in [-0.2, -0.15) is 0 Å². The van der Waals surface area contributed by atoms with E-state index in [0.717, 1.165) is 18.5 Å². The van der Waals surface area contributed by atoms with Crippen LogP contribution in [0, 0.1) is 5.82 Å². The fraction of sp³-hybridized carbons (Fsp3) is 0.316. The number of nitrogens with one attached hydrogen (secondary N) is 2. The molecular formula is C19H23FN2O3. The average Bonchev–Trinajstić information content (AvgIpc) is 2.62. The summed E-state index contributed by atoms with van der Waals surface area (Å²) in [5.74, 6) is 0.866. The molecule has 1 amide bonds. The Bertz CT molecular complexity index is 690. The van der Waals surface area contributed by atoms with Crippen LogP contribution in [0.5, 0.6) is 11.5 Å². The van der Waals surface area contributed by atoms with Crippen LogP contribution < -0.4 is 20.1 Å². The fourth-order valence-corrected chi connectivity index (χ4v) is 2.35. The number of anilines is 1. The van der Waals surface area contributed by atoms with Crippen LogP contribution in [0.1, 0.15) is 12.0 Å². The molecule has 0 saturated heterocycles. The van der Waals surface area contributed by atoms with Crippen LogP contribution >= 0.6 is 0 Å². The average molecular weight is 346 g/mol. The van der Waals surface area contributed by atoms with Crippen LogP contribution in [-0.2, 0) is 11.2 Å². The number of carbonyl (C=O) groups excluding carboxylic acids is 1. The topological polar surface area (TPSA) is 59.6 Å². The van der Waals surface area contributed by atoms with E-state index in [1.54, 1.807) is 44.6 Å². The van der Waals surface area contributed by atoms with Gasteiger partial charge >= 0.3 is 0 Å². The molecule has 0 saturated carbocycles. The van der Waals surface area contributed by atoms with Gasteiger partial charge in [0.15, 0.2) is 11.5 Å². The quantitative estimate of drug-likeness (QED) is 0.685. The van der Waals surface area contributed by atoms with Gasteiger partial charge in [-0.1, -0.05) is 12.1 Å². The van der Waals surface area contributed by atoms with Crippen molar-refractivity contribution in [2.75, 3.05) is 32.6 Å². The Morgan fingerprint density at radius 2 is 1.72 bits per heavy atom. The van der Waals surface area contributed by atoms with Crippen LogP contribution in [0.15, 0.2) is 42.5 Å². The molecule has 0 bridgehead atoms. The lowest BCUT2D eigenvalue weighted by Gasteiger charge is -2.11. The predicted octanol–water partition coefficient (Wildman–Crippen LogP) is 3.00. The number of hydrogen-bond acceptors (Lipinski definition) is 4. The van der Waals surface area contributed by atoms with Gasteiger partial charge in [-0.15, -0.1) is 0 Å². The van der Waals surface area contributed by atoms with Crippen molar-refractivity contribution in [2.45, 2.75) is 12.8 Å². The summed E-state index contributed by atoms with van der Waals surface area (Å²) in [6.07, 6.45) is 1.15. The molecule has 0 radical (unpaired) electrons. The summed E-state index contributed by atoms with van der Waals surface area (Å²) >= 11 is 0. The number of methoxy groups -OCH3 is 2. The van der Waals surface area contributed by atoms with Crippen LogP contribution in [0.3, 0.4) is 0 Å². The number of amides is 1. The van der Waals surface area contributed by atoms with Gasteiger partial charge in [0.25, 0.3) is 0 Å². The van der Waals surface area contributed by atoms with Crippen molar-refractivity contribution < 1.29 is 18.7 Å². The van der Waals surface area contributed by atoms with Gasteiger partial charge in [-0.25, -0.2) is 4.39 Å². The molecule has 0 aromatic heterocycles. The molecule has 0 spiro atoms. The van der Waals surface area contributed by atoms with E-state index in [1.807, 2.05) is 0 Å². The molecule has 0 aliphatic heterocycles. The van der Waals surface area contributed by atoms with Gasteiger partial charge in [0.2, 0.25) is 5.91 Å². The van der Waals surface area contributed by atoms with Gasteiger partial charge in [0, 0.05) is 24.7 Å². The Balaban J connectivity index is 1.69. The second-order valence-corrected chi connectivity index (χ2v) is 5.49. The number of ether oxygens (including phenoxy) is 2. The first kappa shape index (κ1) is 18.7. The van der Waals surface area contributed by atoms with E-state index in [9.17, 15) is 9.18 Å². The van der Waals surface area contributed by atoms with Gasteiger partial charge in [-0.05, 0) is 42.8 Å². The summed E-state index contributed by atoms with van der Waals surface area (Å²) in [4.78, 5) is 12.0. The summed E-state index contributed by atoms with van der Waals surface area (Å²) in [7, 11) is 3.11. The van der Waals surface area contributed by atoms with E-state index in [2.05, 4.69) is 10.6 Å². The molecule has 0 atom stereocenters.